The first-order valence-corrected chi connectivity index (χ1v) is 10.1. The molecule has 0 aliphatic carbocycles. The van der Waals surface area contributed by atoms with Crippen LogP contribution >= 0.6 is 0 Å². The molecule has 0 saturated heterocycles. The normalized spacial score (nSPS) is 11.0. The molecule has 29 heavy (non-hydrogen) atoms. The molecule has 3 aromatic rings. The predicted octanol–water partition coefficient (Wildman–Crippen LogP) is 3.76. The second-order valence-corrected chi connectivity index (χ2v) is 8.02. The Bertz CT molecular complexity index is 1140. The number of methoxy groups -OCH3 is 1. The maximum atomic E-state index is 12.7. The van der Waals surface area contributed by atoms with Gasteiger partial charge in [0, 0.05) is 11.3 Å². The third-order valence-electron chi connectivity index (χ3n) is 4.15. The van der Waals surface area contributed by atoms with Gasteiger partial charge in [-0.05, 0) is 67.1 Å². The molecular weight excluding hydrogens is 392 g/mol. The zero-order chi connectivity index (χ0) is 21.0. The van der Waals surface area contributed by atoms with E-state index in [1.165, 1.54) is 37.4 Å². The summed E-state index contributed by atoms with van der Waals surface area (Å²) in [6.07, 6.45) is 0. The summed E-state index contributed by atoms with van der Waals surface area (Å²) in [6, 6.07) is 16.9. The molecule has 8 heteroatoms. The molecule has 0 unspecified atom stereocenters. The van der Waals surface area contributed by atoms with E-state index in [0.29, 0.717) is 11.4 Å². The van der Waals surface area contributed by atoms with E-state index in [2.05, 4.69) is 10.0 Å². The number of hydrogen-bond donors (Lipinski definition) is 3. The molecule has 3 rings (SSSR count). The topological polar surface area (TPSA) is 105 Å². The Balaban J connectivity index is 1.80. The average molecular weight is 412 g/mol. The van der Waals surface area contributed by atoms with Gasteiger partial charge in [-0.15, -0.1) is 0 Å². The number of nitrogens with one attached hydrogen (secondary N) is 2. The number of anilines is 2. The minimum atomic E-state index is -3.90. The molecule has 0 saturated carbocycles. The highest BCUT2D eigenvalue weighted by atomic mass is 32.2. The Labute approximate surface area is 169 Å². The van der Waals surface area contributed by atoms with E-state index in [9.17, 15) is 18.3 Å². The van der Waals surface area contributed by atoms with E-state index in [4.69, 9.17) is 4.74 Å². The highest BCUT2D eigenvalue weighted by Gasteiger charge is 2.17. The van der Waals surface area contributed by atoms with Gasteiger partial charge in [0.25, 0.3) is 15.9 Å². The van der Waals surface area contributed by atoms with Gasteiger partial charge in [0.2, 0.25) is 0 Å². The summed E-state index contributed by atoms with van der Waals surface area (Å²) in [5.74, 6) is -0.0000706. The van der Waals surface area contributed by atoms with E-state index in [-0.39, 0.29) is 21.9 Å². The Morgan fingerprint density at radius 1 is 1.00 bits per heavy atom. The molecule has 0 aliphatic rings. The molecular formula is C21H20N2O5S. The fourth-order valence-corrected chi connectivity index (χ4v) is 3.72. The summed E-state index contributed by atoms with van der Waals surface area (Å²) in [5.41, 5.74) is 1.59. The maximum Gasteiger partial charge on any atom is 0.261 e. The molecule has 0 bridgehead atoms. The van der Waals surface area contributed by atoms with Crippen molar-refractivity contribution in [2.45, 2.75) is 11.8 Å². The van der Waals surface area contributed by atoms with Crippen LogP contribution in [0.5, 0.6) is 11.5 Å². The Morgan fingerprint density at radius 2 is 1.72 bits per heavy atom. The minimum Gasteiger partial charge on any atom is -0.506 e. The van der Waals surface area contributed by atoms with Crippen molar-refractivity contribution < 1.29 is 23.1 Å². The SMILES string of the molecule is COc1ccc(NS(=O)(=O)c2cccc(C(=O)Nc3ccc(C)cc3O)c2)cc1. The van der Waals surface area contributed by atoms with Gasteiger partial charge in [0.15, 0.2) is 0 Å². The third kappa shape index (κ3) is 4.85. The van der Waals surface area contributed by atoms with Crippen LogP contribution in [0.3, 0.4) is 0 Å². The Kier molecular flexibility index (Phi) is 5.74. The molecule has 3 aromatic carbocycles. The number of hydrogen-bond acceptors (Lipinski definition) is 5. The van der Waals surface area contributed by atoms with Crippen LogP contribution in [0, 0.1) is 6.92 Å². The summed E-state index contributed by atoms with van der Waals surface area (Å²) in [4.78, 5) is 12.4. The number of aryl methyl sites for hydroxylation is 1. The van der Waals surface area contributed by atoms with Gasteiger partial charge in [-0.3, -0.25) is 9.52 Å². The van der Waals surface area contributed by atoms with Crippen molar-refractivity contribution in [2.75, 3.05) is 17.1 Å². The van der Waals surface area contributed by atoms with Crippen LogP contribution in [0.25, 0.3) is 0 Å². The van der Waals surface area contributed by atoms with Crippen LogP contribution in [-0.2, 0) is 10.0 Å². The first-order chi connectivity index (χ1) is 13.8. The van der Waals surface area contributed by atoms with Crippen LogP contribution < -0.4 is 14.8 Å². The molecule has 0 fully saturated rings. The average Bonchev–Trinajstić information content (AvgIpc) is 2.70. The third-order valence-corrected chi connectivity index (χ3v) is 5.53. The number of phenolic OH excluding ortho intramolecular Hbond substituents is 1. The molecule has 3 N–H and O–H groups in total. The van der Waals surface area contributed by atoms with Crippen LogP contribution in [0.4, 0.5) is 11.4 Å². The van der Waals surface area contributed by atoms with Crippen LogP contribution in [0.1, 0.15) is 15.9 Å². The summed E-state index contributed by atoms with van der Waals surface area (Å²) in [7, 11) is -2.38. The predicted molar refractivity (Wildman–Crippen MR) is 111 cm³/mol. The Morgan fingerprint density at radius 3 is 2.38 bits per heavy atom. The van der Waals surface area contributed by atoms with E-state index >= 15 is 0 Å². The Hall–Kier alpha value is -3.52. The lowest BCUT2D eigenvalue weighted by molar-refractivity contribution is 0.102. The number of ether oxygens (including phenoxy) is 1. The largest absolute Gasteiger partial charge is 0.506 e. The number of benzene rings is 3. The van der Waals surface area contributed by atoms with Crippen LogP contribution in [0.15, 0.2) is 71.6 Å². The monoisotopic (exact) mass is 412 g/mol. The zero-order valence-corrected chi connectivity index (χ0v) is 16.7. The second kappa shape index (κ2) is 8.24. The van der Waals surface area contributed by atoms with Crippen molar-refractivity contribution in [1.29, 1.82) is 0 Å². The van der Waals surface area contributed by atoms with E-state index in [0.717, 1.165) is 5.56 Å². The number of amides is 1. The summed E-state index contributed by atoms with van der Waals surface area (Å²) in [6.45, 7) is 1.81. The number of carbonyl (C=O) groups excluding carboxylic acids is 1. The molecule has 7 nitrogen and oxygen atoms in total. The molecule has 0 radical (unpaired) electrons. The molecule has 0 spiro atoms. The van der Waals surface area contributed by atoms with E-state index in [1.54, 1.807) is 36.4 Å². The number of phenols is 1. The quantitative estimate of drug-likeness (QED) is 0.535. The standard InChI is InChI=1S/C21H20N2O5S/c1-14-6-11-19(20(24)12-14)22-21(25)15-4-3-5-18(13-15)29(26,27)23-16-7-9-17(28-2)10-8-16/h3-13,23-24H,1-2H3,(H,22,25). The zero-order valence-electron chi connectivity index (χ0n) is 15.8. The van der Waals surface area contributed by atoms with Crippen molar-refractivity contribution in [2.24, 2.45) is 0 Å². The highest BCUT2D eigenvalue weighted by molar-refractivity contribution is 7.92. The van der Waals surface area contributed by atoms with Gasteiger partial charge in [-0.25, -0.2) is 8.42 Å². The van der Waals surface area contributed by atoms with Crippen molar-refractivity contribution in [3.05, 3.63) is 77.9 Å². The first kappa shape index (κ1) is 20.2. The summed E-state index contributed by atoms with van der Waals surface area (Å²) < 4.78 is 32.8. The molecule has 0 aromatic heterocycles. The molecule has 0 aliphatic heterocycles. The summed E-state index contributed by atoms with van der Waals surface area (Å²) in [5, 5.41) is 12.5. The number of carbonyl (C=O) groups is 1. The van der Waals surface area contributed by atoms with Crippen LogP contribution in [-0.4, -0.2) is 26.5 Å². The second-order valence-electron chi connectivity index (χ2n) is 6.34. The number of sulfonamides is 1. The van der Waals surface area contributed by atoms with Gasteiger partial charge in [0.05, 0.1) is 17.7 Å². The number of aromatic hydroxyl groups is 1. The van der Waals surface area contributed by atoms with Crippen LogP contribution in [0.2, 0.25) is 0 Å². The number of rotatable bonds is 6. The lowest BCUT2D eigenvalue weighted by atomic mass is 10.2. The van der Waals surface area contributed by atoms with Crippen molar-refractivity contribution in [1.82, 2.24) is 0 Å². The highest BCUT2D eigenvalue weighted by Crippen LogP contribution is 2.25. The van der Waals surface area contributed by atoms with E-state index < -0.39 is 15.9 Å². The first-order valence-electron chi connectivity index (χ1n) is 8.66. The molecule has 0 heterocycles. The van der Waals surface area contributed by atoms with Crippen molar-refractivity contribution >= 4 is 27.3 Å². The van der Waals surface area contributed by atoms with Gasteiger partial charge in [-0.2, -0.15) is 0 Å². The maximum absolute atomic E-state index is 12.7. The smallest absolute Gasteiger partial charge is 0.261 e. The fraction of sp³-hybridized carbons (Fsp3) is 0.0952. The lowest BCUT2D eigenvalue weighted by Crippen LogP contribution is -2.16. The van der Waals surface area contributed by atoms with Crippen molar-refractivity contribution in [3.8, 4) is 11.5 Å². The van der Waals surface area contributed by atoms with Gasteiger partial charge < -0.3 is 15.2 Å². The molecule has 0 atom stereocenters. The minimum absolute atomic E-state index is 0.0610. The van der Waals surface area contributed by atoms with E-state index in [1.807, 2.05) is 6.92 Å². The lowest BCUT2D eigenvalue weighted by Gasteiger charge is -2.11. The van der Waals surface area contributed by atoms with Gasteiger partial charge >= 0.3 is 0 Å². The molecule has 150 valence electrons. The van der Waals surface area contributed by atoms with Gasteiger partial charge in [0.1, 0.15) is 11.5 Å². The van der Waals surface area contributed by atoms with Crippen molar-refractivity contribution in [3.63, 3.8) is 0 Å². The summed E-state index contributed by atoms with van der Waals surface area (Å²) >= 11 is 0. The molecule has 1 amide bonds. The fourth-order valence-electron chi connectivity index (χ4n) is 2.62. The van der Waals surface area contributed by atoms with Gasteiger partial charge in [-0.1, -0.05) is 12.1 Å².